The van der Waals surface area contributed by atoms with E-state index in [1.807, 2.05) is 4.72 Å². The van der Waals surface area contributed by atoms with Crippen LogP contribution in [0.1, 0.15) is 0 Å². The van der Waals surface area contributed by atoms with Crippen molar-refractivity contribution in [3.63, 3.8) is 0 Å². The highest BCUT2D eigenvalue weighted by atomic mass is 35.5. The second kappa shape index (κ2) is 8.74. The van der Waals surface area contributed by atoms with Crippen LogP contribution < -0.4 is 14.8 Å². The molecule has 156 valence electrons. The first-order valence-corrected chi connectivity index (χ1v) is 11.8. The molecule has 0 aliphatic rings. The number of para-hydroxylation sites is 1. The molecule has 3 N–H and O–H groups in total. The Kier molecular flexibility index (Phi) is 6.30. The Labute approximate surface area is 179 Å². The second-order valence-corrected chi connectivity index (χ2v) is 9.75. The molecule has 0 radical (unpaired) electrons. The summed E-state index contributed by atoms with van der Waals surface area (Å²) in [5.41, 5.74) is 0.126. The highest BCUT2D eigenvalue weighted by Gasteiger charge is 2.22. The van der Waals surface area contributed by atoms with Crippen LogP contribution >= 0.6 is 11.6 Å². The number of urea groups is 1. The first kappa shape index (κ1) is 21.6. The molecule has 0 aliphatic carbocycles. The molecule has 0 heterocycles. The normalized spacial score (nSPS) is 11.5. The van der Waals surface area contributed by atoms with Gasteiger partial charge in [0.2, 0.25) is 0 Å². The number of nitrogens with one attached hydrogen (secondary N) is 3. The van der Waals surface area contributed by atoms with Gasteiger partial charge in [0.05, 0.1) is 16.3 Å². The fraction of sp³-hybridized carbons (Fsp3) is 0. The van der Waals surface area contributed by atoms with Gasteiger partial charge in [0.15, 0.2) is 0 Å². The van der Waals surface area contributed by atoms with Gasteiger partial charge >= 0.3 is 6.03 Å². The Morgan fingerprint density at radius 1 is 0.767 bits per heavy atom. The van der Waals surface area contributed by atoms with Crippen LogP contribution in [0.5, 0.6) is 0 Å². The molecule has 3 rings (SSSR count). The van der Waals surface area contributed by atoms with Gasteiger partial charge in [0, 0.05) is 5.02 Å². The number of halogens is 1. The monoisotopic (exact) mass is 465 g/mol. The Balaban J connectivity index is 1.82. The molecule has 0 aliphatic heterocycles. The van der Waals surface area contributed by atoms with Crippen molar-refractivity contribution < 1.29 is 21.6 Å². The quantitative estimate of drug-likeness (QED) is 0.513. The zero-order valence-corrected chi connectivity index (χ0v) is 17.6. The van der Waals surface area contributed by atoms with Crippen LogP contribution in [-0.4, -0.2) is 22.9 Å². The molecule has 0 aromatic heterocycles. The van der Waals surface area contributed by atoms with Crippen LogP contribution in [0.25, 0.3) is 0 Å². The average molecular weight is 466 g/mol. The highest BCUT2D eigenvalue weighted by molar-refractivity contribution is 7.93. The molecule has 0 spiro atoms. The van der Waals surface area contributed by atoms with E-state index in [0.717, 1.165) is 0 Å². The van der Waals surface area contributed by atoms with Crippen molar-refractivity contribution in [1.82, 2.24) is 4.72 Å². The van der Waals surface area contributed by atoms with Gasteiger partial charge in [0.1, 0.15) is 4.90 Å². The molecule has 0 saturated carbocycles. The summed E-state index contributed by atoms with van der Waals surface area (Å²) in [5, 5.41) is 2.61. The third-order valence-corrected chi connectivity index (χ3v) is 6.80. The van der Waals surface area contributed by atoms with E-state index in [9.17, 15) is 21.6 Å². The first-order chi connectivity index (χ1) is 14.2. The summed E-state index contributed by atoms with van der Waals surface area (Å²) >= 11 is 5.87. The Morgan fingerprint density at radius 2 is 1.43 bits per heavy atom. The molecular weight excluding hydrogens is 450 g/mol. The van der Waals surface area contributed by atoms with Gasteiger partial charge in [-0.25, -0.2) is 26.4 Å². The summed E-state index contributed by atoms with van der Waals surface area (Å²) in [5.74, 6) is 0. The fourth-order valence-electron chi connectivity index (χ4n) is 2.49. The predicted octanol–water partition coefficient (Wildman–Crippen LogP) is 3.65. The molecule has 2 amide bonds. The van der Waals surface area contributed by atoms with Crippen molar-refractivity contribution in [3.8, 4) is 0 Å². The highest BCUT2D eigenvalue weighted by Crippen LogP contribution is 2.25. The van der Waals surface area contributed by atoms with Crippen LogP contribution in [0.4, 0.5) is 16.2 Å². The summed E-state index contributed by atoms with van der Waals surface area (Å²) in [6.45, 7) is 0. The largest absolute Gasteiger partial charge is 0.333 e. The first-order valence-electron chi connectivity index (χ1n) is 8.44. The smallest absolute Gasteiger partial charge is 0.306 e. The molecule has 8 nitrogen and oxygen atoms in total. The summed E-state index contributed by atoms with van der Waals surface area (Å²) in [4.78, 5) is 11.9. The van der Waals surface area contributed by atoms with Crippen LogP contribution in [-0.2, 0) is 20.0 Å². The van der Waals surface area contributed by atoms with E-state index in [2.05, 4.69) is 10.0 Å². The zero-order chi connectivity index (χ0) is 21.8. The lowest BCUT2D eigenvalue weighted by Gasteiger charge is -2.14. The fourth-order valence-corrected chi connectivity index (χ4v) is 4.83. The molecule has 0 atom stereocenters. The zero-order valence-electron chi connectivity index (χ0n) is 15.2. The van der Waals surface area contributed by atoms with E-state index in [0.29, 0.717) is 5.02 Å². The molecule has 0 bridgehead atoms. The lowest BCUT2D eigenvalue weighted by Crippen LogP contribution is -2.34. The van der Waals surface area contributed by atoms with E-state index in [-0.39, 0.29) is 21.2 Å². The number of amides is 2. The number of hydrogen-bond donors (Lipinski definition) is 3. The van der Waals surface area contributed by atoms with Gasteiger partial charge in [0.25, 0.3) is 20.0 Å². The van der Waals surface area contributed by atoms with Gasteiger partial charge < -0.3 is 5.32 Å². The maximum Gasteiger partial charge on any atom is 0.333 e. The minimum atomic E-state index is -4.12. The Bertz CT molecular complexity index is 1280. The molecule has 0 unspecified atom stereocenters. The van der Waals surface area contributed by atoms with E-state index in [4.69, 9.17) is 11.6 Å². The third-order valence-electron chi connectivity index (χ3n) is 3.78. The minimum Gasteiger partial charge on any atom is -0.306 e. The minimum absolute atomic E-state index is 0.104. The van der Waals surface area contributed by atoms with Crippen molar-refractivity contribution >= 4 is 49.1 Å². The average Bonchev–Trinajstić information content (AvgIpc) is 2.68. The van der Waals surface area contributed by atoms with Crippen molar-refractivity contribution in [2.45, 2.75) is 9.79 Å². The second-order valence-electron chi connectivity index (χ2n) is 5.98. The van der Waals surface area contributed by atoms with Gasteiger partial charge in [-0.2, -0.15) is 0 Å². The number of hydrogen-bond acceptors (Lipinski definition) is 5. The number of benzene rings is 3. The summed E-state index contributed by atoms with van der Waals surface area (Å²) in [7, 11) is -8.23. The Morgan fingerprint density at radius 3 is 2.13 bits per heavy atom. The van der Waals surface area contributed by atoms with Gasteiger partial charge in [-0.3, -0.25) is 4.72 Å². The van der Waals surface area contributed by atoms with Crippen molar-refractivity contribution in [3.05, 3.63) is 83.9 Å². The molecule has 3 aromatic carbocycles. The predicted molar refractivity (Wildman–Crippen MR) is 114 cm³/mol. The van der Waals surface area contributed by atoms with E-state index in [1.54, 1.807) is 18.2 Å². The van der Waals surface area contributed by atoms with Gasteiger partial charge in [-0.05, 0) is 42.5 Å². The van der Waals surface area contributed by atoms with E-state index >= 15 is 0 Å². The van der Waals surface area contributed by atoms with Crippen molar-refractivity contribution in [1.29, 1.82) is 0 Å². The summed E-state index contributed by atoms with van der Waals surface area (Å²) < 4.78 is 54.3. The SMILES string of the molecule is O=C(Nc1ccccc1S(=O)(=O)Nc1cccc(Cl)c1)NS(=O)(=O)c1ccccc1. The number of carbonyl (C=O) groups is 1. The Hall–Kier alpha value is -3.08. The van der Waals surface area contributed by atoms with Crippen LogP contribution in [0.2, 0.25) is 5.02 Å². The lowest BCUT2D eigenvalue weighted by atomic mass is 10.3. The van der Waals surface area contributed by atoms with Crippen LogP contribution in [0, 0.1) is 0 Å². The molecule has 0 fully saturated rings. The lowest BCUT2D eigenvalue weighted by molar-refractivity contribution is 0.256. The van der Waals surface area contributed by atoms with Crippen LogP contribution in [0.15, 0.2) is 88.7 Å². The molecule has 0 saturated heterocycles. The number of carbonyl (C=O) groups excluding carboxylic acids is 1. The number of rotatable bonds is 6. The topological polar surface area (TPSA) is 121 Å². The standard InChI is InChI=1S/C19H16ClN3O5S2/c20-14-7-6-8-15(13-14)22-30(27,28)18-12-5-4-11-17(18)21-19(24)23-29(25,26)16-9-2-1-3-10-16/h1-13,22H,(H2,21,23,24). The van der Waals surface area contributed by atoms with Crippen LogP contribution in [0.3, 0.4) is 0 Å². The number of anilines is 2. The number of sulfonamides is 2. The molecule has 30 heavy (non-hydrogen) atoms. The van der Waals surface area contributed by atoms with E-state index < -0.39 is 26.1 Å². The molecule has 3 aromatic rings. The maximum absolute atomic E-state index is 12.8. The molecular formula is C19H16ClN3O5S2. The molecule has 11 heteroatoms. The third kappa shape index (κ3) is 5.29. The summed E-state index contributed by atoms with van der Waals surface area (Å²) in [6.07, 6.45) is 0. The van der Waals surface area contributed by atoms with E-state index in [1.165, 1.54) is 60.7 Å². The van der Waals surface area contributed by atoms with Gasteiger partial charge in [-0.15, -0.1) is 0 Å². The maximum atomic E-state index is 12.8. The van der Waals surface area contributed by atoms with Gasteiger partial charge in [-0.1, -0.05) is 48.0 Å². The summed E-state index contributed by atoms with van der Waals surface area (Å²) in [6, 6.07) is 17.9. The van der Waals surface area contributed by atoms with Crippen molar-refractivity contribution in [2.75, 3.05) is 10.0 Å². The van der Waals surface area contributed by atoms with Crippen molar-refractivity contribution in [2.24, 2.45) is 0 Å².